The van der Waals surface area contributed by atoms with E-state index in [2.05, 4.69) is 9.97 Å². The average molecular weight is 447 g/mol. The number of carbonyl (C=O) groups is 1. The highest BCUT2D eigenvalue weighted by Crippen LogP contribution is 2.30. The molecule has 128 valence electrons. The Bertz CT molecular complexity index is 914. The van der Waals surface area contributed by atoms with Gasteiger partial charge >= 0.3 is 0 Å². The fourth-order valence-corrected chi connectivity index (χ4v) is 2.76. The maximum atomic E-state index is 11.4. The molecule has 1 aromatic heterocycles. The van der Waals surface area contributed by atoms with Crippen molar-refractivity contribution in [2.75, 3.05) is 23.0 Å². The van der Waals surface area contributed by atoms with Gasteiger partial charge < -0.3 is 9.64 Å². The molecule has 0 amide bonds. The Morgan fingerprint density at radius 2 is 1.96 bits per heavy atom. The molecule has 1 heterocycles. The van der Waals surface area contributed by atoms with Crippen LogP contribution in [0.1, 0.15) is 5.82 Å². The van der Waals surface area contributed by atoms with Gasteiger partial charge in [0.15, 0.2) is 5.78 Å². The monoisotopic (exact) mass is 447 g/mol. The molecule has 0 saturated heterocycles. The molecule has 0 radical (unpaired) electrons. The van der Waals surface area contributed by atoms with Crippen molar-refractivity contribution in [1.82, 2.24) is 9.97 Å². The number of fused-ring (bicyclic) bond motifs is 1. The number of rotatable bonds is 6. The predicted octanol–water partition coefficient (Wildman–Crippen LogP) is 4.09. The molecule has 3 aromatic rings. The molecule has 0 aliphatic rings. The van der Waals surface area contributed by atoms with E-state index in [1.54, 1.807) is 0 Å². The van der Waals surface area contributed by atoms with Crippen LogP contribution in [-0.2, 0) is 4.79 Å². The summed E-state index contributed by atoms with van der Waals surface area (Å²) in [6.07, 6.45) is 0. The first-order valence-corrected chi connectivity index (χ1v) is 9.38. The number of ether oxygens (including phenoxy) is 1. The van der Waals surface area contributed by atoms with Crippen molar-refractivity contribution in [3.05, 3.63) is 54.4 Å². The molecule has 3 rings (SSSR count). The Morgan fingerprint density at radius 1 is 1.16 bits per heavy atom. The number of nitrogens with zero attached hydrogens (tertiary/aromatic N) is 3. The lowest BCUT2D eigenvalue weighted by Gasteiger charge is -2.21. The normalized spacial score (nSPS) is 10.7. The molecule has 0 unspecified atom stereocenters. The van der Waals surface area contributed by atoms with Crippen LogP contribution in [0.25, 0.3) is 10.9 Å². The number of Topliss-reactive ketones (excluding diaryl/α,β-unsaturated/α-hetero) is 1. The summed E-state index contributed by atoms with van der Waals surface area (Å²) in [6, 6.07) is 15.6. The predicted molar refractivity (Wildman–Crippen MR) is 108 cm³/mol. The zero-order chi connectivity index (χ0) is 17.8. The molecule has 0 spiro atoms. The van der Waals surface area contributed by atoms with E-state index < -0.39 is 0 Å². The van der Waals surface area contributed by atoms with Gasteiger partial charge in [0.05, 0.1) is 9.94 Å². The molecule has 6 heteroatoms. The Kier molecular flexibility index (Phi) is 5.47. The second-order valence-corrected chi connectivity index (χ2v) is 6.39. The van der Waals surface area contributed by atoms with Crippen molar-refractivity contribution in [3.8, 4) is 5.75 Å². The highest BCUT2D eigenvalue weighted by molar-refractivity contribution is 14.1. The van der Waals surface area contributed by atoms with Gasteiger partial charge in [-0.25, -0.2) is 9.97 Å². The van der Waals surface area contributed by atoms with Gasteiger partial charge in [-0.15, -0.1) is 0 Å². The third-order valence-corrected chi connectivity index (χ3v) is 4.62. The fourth-order valence-electron chi connectivity index (χ4n) is 2.54. The molecule has 5 nitrogen and oxygen atoms in total. The minimum atomic E-state index is 0.0665. The summed E-state index contributed by atoms with van der Waals surface area (Å²) in [7, 11) is 1.96. The Balaban J connectivity index is 1.93. The van der Waals surface area contributed by atoms with Crippen molar-refractivity contribution in [2.24, 2.45) is 0 Å². The fraction of sp³-hybridized carbons (Fsp3) is 0.211. The zero-order valence-electron chi connectivity index (χ0n) is 14.1. The Hall–Kier alpha value is -2.22. The zero-order valence-corrected chi connectivity index (χ0v) is 16.2. The van der Waals surface area contributed by atoms with Gasteiger partial charge in [-0.05, 0) is 31.2 Å². The summed E-state index contributed by atoms with van der Waals surface area (Å²) >= 11 is 2.04. The number of aromatic nitrogens is 2. The lowest BCUT2D eigenvalue weighted by Crippen LogP contribution is -2.14. The highest BCUT2D eigenvalue weighted by Gasteiger charge is 2.12. The third kappa shape index (κ3) is 4.07. The second-order valence-electron chi connectivity index (χ2n) is 5.63. The molecule has 0 aliphatic heterocycles. The molecular weight excluding hydrogens is 429 g/mol. The van der Waals surface area contributed by atoms with Crippen molar-refractivity contribution < 1.29 is 9.53 Å². The third-order valence-electron chi connectivity index (χ3n) is 3.77. The summed E-state index contributed by atoms with van der Waals surface area (Å²) in [6.45, 7) is 1.98. The quantitative estimate of drug-likeness (QED) is 0.421. The minimum absolute atomic E-state index is 0.0665. The van der Waals surface area contributed by atoms with E-state index >= 15 is 0 Å². The number of ketones is 1. The van der Waals surface area contributed by atoms with Crippen molar-refractivity contribution in [2.45, 2.75) is 6.92 Å². The molecule has 0 fully saturated rings. The topological polar surface area (TPSA) is 55.3 Å². The first-order valence-electron chi connectivity index (χ1n) is 7.86. The van der Waals surface area contributed by atoms with E-state index in [4.69, 9.17) is 4.74 Å². The molecule has 0 N–H and O–H groups in total. The first kappa shape index (κ1) is 17.6. The lowest BCUT2D eigenvalue weighted by atomic mass is 10.2. The second kappa shape index (κ2) is 7.77. The van der Waals surface area contributed by atoms with E-state index in [-0.39, 0.29) is 12.4 Å². The largest absolute Gasteiger partial charge is 0.486 e. The SMILES string of the molecule is Cc1nc(N(C)c2cccc(OCC(=O)CI)c2)c2ccccc2n1. The van der Waals surface area contributed by atoms with E-state index in [9.17, 15) is 4.79 Å². The summed E-state index contributed by atoms with van der Waals surface area (Å²) < 4.78 is 6.03. The van der Waals surface area contributed by atoms with Gasteiger partial charge in [0.1, 0.15) is 24.0 Å². The maximum Gasteiger partial charge on any atom is 0.179 e. The van der Waals surface area contributed by atoms with Crippen molar-refractivity contribution in [3.63, 3.8) is 0 Å². The van der Waals surface area contributed by atoms with Crippen LogP contribution < -0.4 is 9.64 Å². The maximum absolute atomic E-state index is 11.4. The Labute approximate surface area is 160 Å². The van der Waals surface area contributed by atoms with Crippen LogP contribution in [-0.4, -0.2) is 33.8 Å². The molecule has 25 heavy (non-hydrogen) atoms. The van der Waals surface area contributed by atoms with Crippen LogP contribution in [0.4, 0.5) is 11.5 Å². The average Bonchev–Trinajstić information content (AvgIpc) is 2.65. The molecular formula is C19H18IN3O2. The van der Waals surface area contributed by atoms with Gasteiger partial charge in [0.25, 0.3) is 0 Å². The van der Waals surface area contributed by atoms with Crippen LogP contribution in [0.15, 0.2) is 48.5 Å². The van der Waals surface area contributed by atoms with Crippen LogP contribution in [0.3, 0.4) is 0 Å². The number of hydrogen-bond acceptors (Lipinski definition) is 5. The van der Waals surface area contributed by atoms with Gasteiger partial charge in [0.2, 0.25) is 0 Å². The van der Waals surface area contributed by atoms with Crippen molar-refractivity contribution in [1.29, 1.82) is 0 Å². The van der Waals surface area contributed by atoms with E-state index in [1.807, 2.05) is 90.0 Å². The number of hydrogen-bond donors (Lipinski definition) is 0. The lowest BCUT2D eigenvalue weighted by molar-refractivity contribution is -0.118. The highest BCUT2D eigenvalue weighted by atomic mass is 127. The molecule has 0 aliphatic carbocycles. The first-order chi connectivity index (χ1) is 12.1. The van der Waals surface area contributed by atoms with Crippen LogP contribution in [0.5, 0.6) is 5.75 Å². The summed E-state index contributed by atoms with van der Waals surface area (Å²) in [5.41, 5.74) is 1.85. The summed E-state index contributed by atoms with van der Waals surface area (Å²) in [4.78, 5) is 22.6. The number of benzene rings is 2. The van der Waals surface area contributed by atoms with Crippen LogP contribution in [0, 0.1) is 6.92 Å². The van der Waals surface area contributed by atoms with Gasteiger partial charge in [0, 0.05) is 24.2 Å². The van der Waals surface area contributed by atoms with E-state index in [0.29, 0.717) is 10.2 Å². The van der Waals surface area contributed by atoms with Crippen LogP contribution >= 0.6 is 22.6 Å². The molecule has 0 bridgehead atoms. The number of halogens is 1. The van der Waals surface area contributed by atoms with Crippen molar-refractivity contribution >= 4 is 50.8 Å². The minimum Gasteiger partial charge on any atom is -0.486 e. The number of carbonyl (C=O) groups excluding carboxylic acids is 1. The van der Waals surface area contributed by atoms with E-state index in [1.165, 1.54) is 0 Å². The summed E-state index contributed by atoms with van der Waals surface area (Å²) in [5, 5.41) is 0.988. The Morgan fingerprint density at radius 3 is 2.76 bits per heavy atom. The standard InChI is InChI=1S/C19H18IN3O2/c1-13-21-18-9-4-3-8-17(18)19(22-13)23(2)14-6-5-7-16(10-14)25-12-15(24)11-20/h3-10H,11-12H2,1-2H3. The van der Waals surface area contributed by atoms with Gasteiger partial charge in [-0.3, -0.25) is 4.79 Å². The number of alkyl halides is 1. The molecule has 0 saturated carbocycles. The molecule has 0 atom stereocenters. The van der Waals surface area contributed by atoms with Gasteiger partial charge in [-0.1, -0.05) is 40.8 Å². The van der Waals surface area contributed by atoms with Crippen LogP contribution in [0.2, 0.25) is 0 Å². The summed E-state index contributed by atoms with van der Waals surface area (Å²) in [5.74, 6) is 2.29. The smallest absolute Gasteiger partial charge is 0.179 e. The van der Waals surface area contributed by atoms with Gasteiger partial charge in [-0.2, -0.15) is 0 Å². The number of anilines is 2. The van der Waals surface area contributed by atoms with E-state index in [0.717, 1.165) is 28.2 Å². The molecule has 2 aromatic carbocycles. The number of aryl methyl sites for hydroxylation is 1. The number of para-hydroxylation sites is 1.